The van der Waals surface area contributed by atoms with Crippen molar-refractivity contribution in [2.75, 3.05) is 18.4 Å². The molecule has 0 aliphatic heterocycles. The van der Waals surface area contributed by atoms with E-state index in [9.17, 15) is 9.59 Å². The molecule has 7 heteroatoms. The minimum absolute atomic E-state index is 0.0878. The molecule has 1 N–H and O–H groups in total. The maximum absolute atomic E-state index is 11.8. The summed E-state index contributed by atoms with van der Waals surface area (Å²) in [6.07, 6.45) is 5.03. The van der Waals surface area contributed by atoms with Crippen LogP contribution in [0.2, 0.25) is 0 Å². The maximum atomic E-state index is 11.8. The van der Waals surface area contributed by atoms with Gasteiger partial charge in [-0.3, -0.25) is 5.32 Å². The number of carbonyl (C=O) groups is 2. The SMILES string of the molecule is CCCCCc1nnc(NC(=O)N(CC)CC=O)s1. The van der Waals surface area contributed by atoms with Crippen molar-refractivity contribution in [3.63, 3.8) is 0 Å². The Bertz CT molecular complexity index is 408. The maximum Gasteiger partial charge on any atom is 0.324 e. The van der Waals surface area contributed by atoms with Crippen LogP contribution in [-0.4, -0.2) is 40.5 Å². The van der Waals surface area contributed by atoms with E-state index in [1.54, 1.807) is 0 Å². The van der Waals surface area contributed by atoms with Crippen molar-refractivity contribution in [1.82, 2.24) is 15.1 Å². The number of anilines is 1. The molecule has 0 bridgehead atoms. The molecule has 1 aromatic rings. The number of hydrogen-bond donors (Lipinski definition) is 1. The Morgan fingerprint density at radius 2 is 2.16 bits per heavy atom. The van der Waals surface area contributed by atoms with Crippen molar-refractivity contribution in [1.29, 1.82) is 0 Å². The third-order valence-electron chi connectivity index (χ3n) is 2.64. The van der Waals surface area contributed by atoms with Gasteiger partial charge in [-0.1, -0.05) is 31.1 Å². The molecule has 0 aromatic carbocycles. The number of unbranched alkanes of at least 4 members (excludes halogenated alkanes) is 2. The van der Waals surface area contributed by atoms with Gasteiger partial charge in [0.2, 0.25) is 5.13 Å². The summed E-state index contributed by atoms with van der Waals surface area (Å²) in [6.45, 7) is 4.54. The number of amides is 2. The van der Waals surface area contributed by atoms with Gasteiger partial charge in [-0.05, 0) is 13.3 Å². The number of urea groups is 1. The molecule has 19 heavy (non-hydrogen) atoms. The molecular weight excluding hydrogens is 264 g/mol. The molecule has 1 aromatic heterocycles. The minimum atomic E-state index is -0.314. The number of nitrogens with zero attached hydrogens (tertiary/aromatic N) is 3. The predicted octanol–water partition coefficient (Wildman–Crippen LogP) is 2.32. The second kappa shape index (κ2) is 8.58. The first-order valence-electron chi connectivity index (χ1n) is 6.53. The quantitative estimate of drug-likeness (QED) is 0.587. The van der Waals surface area contributed by atoms with Gasteiger partial charge in [0.25, 0.3) is 0 Å². The molecule has 0 spiro atoms. The van der Waals surface area contributed by atoms with Crippen LogP contribution in [-0.2, 0) is 11.2 Å². The Labute approximate surface area is 117 Å². The van der Waals surface area contributed by atoms with Gasteiger partial charge in [0, 0.05) is 13.0 Å². The molecule has 0 aliphatic carbocycles. The molecule has 0 saturated carbocycles. The molecule has 0 radical (unpaired) electrons. The Balaban J connectivity index is 2.48. The van der Waals surface area contributed by atoms with Crippen molar-refractivity contribution in [2.24, 2.45) is 0 Å². The molecule has 0 fully saturated rings. The Morgan fingerprint density at radius 1 is 1.37 bits per heavy atom. The topological polar surface area (TPSA) is 75.2 Å². The fourth-order valence-electron chi connectivity index (χ4n) is 1.55. The summed E-state index contributed by atoms with van der Waals surface area (Å²) < 4.78 is 0. The predicted molar refractivity (Wildman–Crippen MR) is 75.5 cm³/mol. The van der Waals surface area contributed by atoms with Crippen molar-refractivity contribution < 1.29 is 9.59 Å². The third-order valence-corrected chi connectivity index (χ3v) is 3.54. The van der Waals surface area contributed by atoms with E-state index in [0.29, 0.717) is 18.0 Å². The number of hydrogen-bond acceptors (Lipinski definition) is 5. The second-order valence-corrected chi connectivity index (χ2v) is 5.16. The Kier molecular flexibility index (Phi) is 7.02. The second-order valence-electron chi connectivity index (χ2n) is 4.09. The largest absolute Gasteiger partial charge is 0.324 e. The third kappa shape index (κ3) is 5.34. The zero-order valence-corrected chi connectivity index (χ0v) is 12.2. The van der Waals surface area contributed by atoms with Gasteiger partial charge in [-0.15, -0.1) is 10.2 Å². The van der Waals surface area contributed by atoms with Gasteiger partial charge in [-0.25, -0.2) is 4.79 Å². The van der Waals surface area contributed by atoms with Crippen LogP contribution in [0.15, 0.2) is 0 Å². The molecular formula is C12H20N4O2S. The Hall–Kier alpha value is -1.50. The lowest BCUT2D eigenvalue weighted by Gasteiger charge is -2.16. The van der Waals surface area contributed by atoms with Gasteiger partial charge < -0.3 is 9.69 Å². The highest BCUT2D eigenvalue weighted by atomic mass is 32.1. The summed E-state index contributed by atoms with van der Waals surface area (Å²) >= 11 is 1.39. The molecule has 2 amide bonds. The molecule has 6 nitrogen and oxygen atoms in total. The average molecular weight is 284 g/mol. The molecule has 1 rings (SSSR count). The zero-order valence-electron chi connectivity index (χ0n) is 11.4. The van der Waals surface area contributed by atoms with Crippen molar-refractivity contribution in [2.45, 2.75) is 39.5 Å². The van der Waals surface area contributed by atoms with Gasteiger partial charge in [-0.2, -0.15) is 0 Å². The number of aromatic nitrogens is 2. The summed E-state index contributed by atoms with van der Waals surface area (Å²) in [5, 5.41) is 12.1. The lowest BCUT2D eigenvalue weighted by molar-refractivity contribution is -0.108. The summed E-state index contributed by atoms with van der Waals surface area (Å²) in [5.74, 6) is 0. The fraction of sp³-hybridized carbons (Fsp3) is 0.667. The van der Waals surface area contributed by atoms with Gasteiger partial charge in [0.1, 0.15) is 11.3 Å². The van der Waals surface area contributed by atoms with Crippen molar-refractivity contribution in [3.05, 3.63) is 5.01 Å². The van der Waals surface area contributed by atoms with Gasteiger partial charge in [0.05, 0.1) is 6.54 Å². The number of carbonyl (C=O) groups excluding carboxylic acids is 2. The summed E-state index contributed by atoms with van der Waals surface area (Å²) in [7, 11) is 0. The van der Waals surface area contributed by atoms with Crippen LogP contribution in [0.5, 0.6) is 0 Å². The van der Waals surface area contributed by atoms with Gasteiger partial charge >= 0.3 is 6.03 Å². The molecule has 0 atom stereocenters. The van der Waals surface area contributed by atoms with E-state index in [4.69, 9.17) is 0 Å². The molecule has 1 heterocycles. The number of likely N-dealkylation sites (N-methyl/N-ethyl adjacent to an activating group) is 1. The van der Waals surface area contributed by atoms with E-state index in [-0.39, 0.29) is 12.6 Å². The first kappa shape index (κ1) is 15.6. The van der Waals surface area contributed by atoms with Crippen LogP contribution < -0.4 is 5.32 Å². The van der Waals surface area contributed by atoms with Crippen LogP contribution in [0.25, 0.3) is 0 Å². The lowest BCUT2D eigenvalue weighted by atomic mass is 10.2. The first-order valence-corrected chi connectivity index (χ1v) is 7.34. The van der Waals surface area contributed by atoms with Crippen molar-refractivity contribution >= 4 is 28.8 Å². The molecule has 106 valence electrons. The zero-order chi connectivity index (χ0) is 14.1. The van der Waals surface area contributed by atoms with E-state index in [1.807, 2.05) is 6.92 Å². The highest BCUT2D eigenvalue weighted by Gasteiger charge is 2.13. The summed E-state index contributed by atoms with van der Waals surface area (Å²) in [4.78, 5) is 23.6. The van der Waals surface area contributed by atoms with Crippen LogP contribution in [0.3, 0.4) is 0 Å². The minimum Gasteiger partial charge on any atom is -0.318 e. The number of rotatable bonds is 8. The van der Waals surface area contributed by atoms with E-state index in [2.05, 4.69) is 22.4 Å². The molecule has 0 aliphatic rings. The smallest absolute Gasteiger partial charge is 0.318 e. The Morgan fingerprint density at radius 3 is 2.79 bits per heavy atom. The van der Waals surface area contributed by atoms with Crippen molar-refractivity contribution in [3.8, 4) is 0 Å². The average Bonchev–Trinajstić information content (AvgIpc) is 2.83. The summed E-state index contributed by atoms with van der Waals surface area (Å²) in [6, 6.07) is -0.314. The van der Waals surface area contributed by atoms with Crippen LogP contribution >= 0.6 is 11.3 Å². The first-order chi connectivity index (χ1) is 9.21. The van der Waals surface area contributed by atoms with E-state index in [0.717, 1.165) is 17.8 Å². The normalized spacial score (nSPS) is 10.2. The van der Waals surface area contributed by atoms with Crippen LogP contribution in [0.4, 0.5) is 9.93 Å². The van der Waals surface area contributed by atoms with E-state index in [1.165, 1.54) is 29.1 Å². The van der Waals surface area contributed by atoms with E-state index < -0.39 is 0 Å². The number of aldehydes is 1. The highest BCUT2D eigenvalue weighted by Crippen LogP contribution is 2.17. The van der Waals surface area contributed by atoms with E-state index >= 15 is 0 Å². The monoisotopic (exact) mass is 284 g/mol. The highest BCUT2D eigenvalue weighted by molar-refractivity contribution is 7.15. The standard InChI is InChI=1S/C12H20N4O2S/c1-3-5-6-7-10-14-15-11(19-10)13-12(18)16(4-2)8-9-17/h9H,3-8H2,1-2H3,(H,13,15,18). The lowest BCUT2D eigenvalue weighted by Crippen LogP contribution is -2.36. The molecule has 0 saturated heterocycles. The van der Waals surface area contributed by atoms with Crippen LogP contribution in [0.1, 0.15) is 38.1 Å². The fourth-order valence-corrected chi connectivity index (χ4v) is 2.32. The number of aryl methyl sites for hydroxylation is 1. The number of nitrogens with one attached hydrogen (secondary N) is 1. The molecule has 0 unspecified atom stereocenters. The van der Waals surface area contributed by atoms with Gasteiger partial charge in [0.15, 0.2) is 0 Å². The van der Waals surface area contributed by atoms with Crippen LogP contribution in [0, 0.1) is 0 Å². The summed E-state index contributed by atoms with van der Waals surface area (Å²) in [5.41, 5.74) is 0.